The minimum absolute atomic E-state index is 0.104. The fourth-order valence-corrected chi connectivity index (χ4v) is 3.68. The van der Waals surface area contributed by atoms with Gasteiger partial charge in [0.25, 0.3) is 5.91 Å². The maximum atomic E-state index is 12.9. The molecule has 3 aromatic rings. The van der Waals surface area contributed by atoms with Crippen LogP contribution in [0.15, 0.2) is 36.7 Å². The molecule has 1 aliphatic rings. The molecule has 0 radical (unpaired) electrons. The minimum Gasteiger partial charge on any atom is -0.490 e. The molecule has 1 amide bonds. The third-order valence-corrected chi connectivity index (χ3v) is 5.81. The highest BCUT2D eigenvalue weighted by Gasteiger charge is 2.27. The van der Waals surface area contributed by atoms with Crippen molar-refractivity contribution in [1.82, 2.24) is 14.9 Å². The average molecular weight is 433 g/mol. The second kappa shape index (κ2) is 8.64. The van der Waals surface area contributed by atoms with Crippen molar-refractivity contribution in [3.05, 3.63) is 53.3 Å². The molecule has 0 atom stereocenters. The van der Waals surface area contributed by atoms with E-state index < -0.39 is 5.41 Å². The summed E-state index contributed by atoms with van der Waals surface area (Å²) in [6, 6.07) is 10.4. The lowest BCUT2D eigenvalue weighted by Gasteiger charge is -2.16. The number of aromatic nitrogens is 2. The molecule has 1 aromatic carbocycles. The summed E-state index contributed by atoms with van der Waals surface area (Å²) in [7, 11) is 1.62. The number of nitriles is 1. The van der Waals surface area contributed by atoms with Crippen molar-refractivity contribution >= 4 is 11.4 Å². The molecule has 0 aliphatic heterocycles. The van der Waals surface area contributed by atoms with Crippen molar-refractivity contribution in [2.24, 2.45) is 0 Å². The summed E-state index contributed by atoms with van der Waals surface area (Å²) >= 11 is 0. The Labute approximate surface area is 187 Å². The molecule has 1 N–H and O–H groups in total. The Kier molecular flexibility index (Phi) is 5.90. The number of fused-ring (bicyclic) bond motifs is 1. The highest BCUT2D eigenvalue weighted by Crippen LogP contribution is 2.34. The van der Waals surface area contributed by atoms with E-state index in [1.165, 1.54) is 0 Å². The van der Waals surface area contributed by atoms with E-state index in [2.05, 4.69) is 16.5 Å². The number of aryl methyl sites for hydroxylation is 1. The zero-order valence-corrected chi connectivity index (χ0v) is 18.9. The smallest absolute Gasteiger partial charge is 0.255 e. The first-order valence-electron chi connectivity index (χ1n) is 10.8. The standard InChI is InChI=1S/C25H28N4O3/c1-16-11-17(12-22(32-10-9-31-4)23(16)24(30)28-19-6-7-19)20-13-27-29-14-18(5-8-21(20)29)25(2,3)15-26/h5,8,11-14,19H,6-7,9-10H2,1-4H3,(H,28,30). The predicted molar refractivity (Wildman–Crippen MR) is 122 cm³/mol. The molecule has 0 unspecified atom stereocenters. The number of carbonyl (C=O) groups is 1. The molecule has 4 rings (SSSR count). The van der Waals surface area contributed by atoms with Crippen LogP contribution in [0.4, 0.5) is 0 Å². The highest BCUT2D eigenvalue weighted by atomic mass is 16.5. The van der Waals surface area contributed by atoms with Gasteiger partial charge in [0.05, 0.1) is 35.4 Å². The monoisotopic (exact) mass is 432 g/mol. The van der Waals surface area contributed by atoms with Gasteiger partial charge in [0.15, 0.2) is 0 Å². The highest BCUT2D eigenvalue weighted by molar-refractivity contribution is 6.00. The fourth-order valence-electron chi connectivity index (χ4n) is 3.68. The average Bonchev–Trinajstić information content (AvgIpc) is 3.48. The van der Waals surface area contributed by atoms with E-state index in [4.69, 9.17) is 9.47 Å². The summed E-state index contributed by atoms with van der Waals surface area (Å²) in [5.41, 5.74) is 4.46. The summed E-state index contributed by atoms with van der Waals surface area (Å²) in [6.45, 7) is 6.48. The van der Waals surface area contributed by atoms with Gasteiger partial charge in [-0.05, 0) is 62.4 Å². The van der Waals surface area contributed by atoms with E-state index in [9.17, 15) is 10.1 Å². The number of carbonyl (C=O) groups excluding carboxylic acids is 1. The molecular weight excluding hydrogens is 404 g/mol. The van der Waals surface area contributed by atoms with Crippen molar-refractivity contribution in [2.75, 3.05) is 20.3 Å². The van der Waals surface area contributed by atoms with Gasteiger partial charge in [-0.3, -0.25) is 4.79 Å². The Hall–Kier alpha value is -3.37. The van der Waals surface area contributed by atoms with Crippen molar-refractivity contribution in [3.8, 4) is 22.9 Å². The number of pyridine rings is 1. The lowest BCUT2D eigenvalue weighted by molar-refractivity contribution is 0.0942. The Balaban J connectivity index is 1.75. The van der Waals surface area contributed by atoms with Crippen LogP contribution in [0.5, 0.6) is 5.75 Å². The van der Waals surface area contributed by atoms with Crippen LogP contribution in [0, 0.1) is 18.3 Å². The number of methoxy groups -OCH3 is 1. The Morgan fingerprint density at radius 2 is 2.09 bits per heavy atom. The van der Waals surface area contributed by atoms with Crippen LogP contribution < -0.4 is 10.1 Å². The predicted octanol–water partition coefficient (Wildman–Crippen LogP) is 4.03. The lowest BCUT2D eigenvalue weighted by atomic mass is 9.87. The maximum absolute atomic E-state index is 12.9. The van der Waals surface area contributed by atoms with Crippen LogP contribution in [0.1, 0.15) is 48.2 Å². The van der Waals surface area contributed by atoms with Gasteiger partial charge in [-0.25, -0.2) is 4.52 Å². The zero-order chi connectivity index (χ0) is 22.9. The van der Waals surface area contributed by atoms with Crippen molar-refractivity contribution in [3.63, 3.8) is 0 Å². The molecule has 2 aromatic heterocycles. The van der Waals surface area contributed by atoms with Gasteiger partial charge < -0.3 is 14.8 Å². The van der Waals surface area contributed by atoms with E-state index in [0.29, 0.717) is 24.5 Å². The van der Waals surface area contributed by atoms with Crippen molar-refractivity contribution < 1.29 is 14.3 Å². The molecule has 7 nitrogen and oxygen atoms in total. The third kappa shape index (κ3) is 4.32. The van der Waals surface area contributed by atoms with E-state index >= 15 is 0 Å². The Morgan fingerprint density at radius 1 is 1.31 bits per heavy atom. The first kappa shape index (κ1) is 21.8. The summed E-state index contributed by atoms with van der Waals surface area (Å²) in [6.07, 6.45) is 5.74. The maximum Gasteiger partial charge on any atom is 0.255 e. The second-order valence-electron chi connectivity index (χ2n) is 8.80. The quantitative estimate of drug-likeness (QED) is 0.543. The van der Waals surface area contributed by atoms with Crippen LogP contribution in [-0.2, 0) is 10.2 Å². The summed E-state index contributed by atoms with van der Waals surface area (Å²) in [5.74, 6) is 0.434. The number of nitrogens with one attached hydrogen (secondary N) is 1. The van der Waals surface area contributed by atoms with E-state index in [1.54, 1.807) is 17.8 Å². The van der Waals surface area contributed by atoms with Gasteiger partial charge in [-0.2, -0.15) is 10.4 Å². The van der Waals surface area contributed by atoms with Crippen LogP contribution in [-0.4, -0.2) is 41.9 Å². The number of rotatable bonds is 8. The molecule has 32 heavy (non-hydrogen) atoms. The third-order valence-electron chi connectivity index (χ3n) is 5.81. The molecule has 0 saturated heterocycles. The second-order valence-corrected chi connectivity index (χ2v) is 8.80. The molecular formula is C25H28N4O3. The number of amides is 1. The van der Waals surface area contributed by atoms with E-state index in [0.717, 1.165) is 40.6 Å². The summed E-state index contributed by atoms with van der Waals surface area (Å²) in [5, 5.41) is 17.0. The number of ether oxygens (including phenoxy) is 2. The van der Waals surface area contributed by atoms with Crippen LogP contribution in [0.3, 0.4) is 0 Å². The molecule has 7 heteroatoms. The van der Waals surface area contributed by atoms with Crippen LogP contribution in [0.25, 0.3) is 16.6 Å². The molecule has 1 fully saturated rings. The van der Waals surface area contributed by atoms with E-state index in [-0.39, 0.29) is 11.9 Å². The minimum atomic E-state index is -0.601. The van der Waals surface area contributed by atoms with Gasteiger partial charge >= 0.3 is 0 Å². The van der Waals surface area contributed by atoms with Gasteiger partial charge in [0.2, 0.25) is 0 Å². The Morgan fingerprint density at radius 3 is 2.78 bits per heavy atom. The van der Waals surface area contributed by atoms with Gasteiger partial charge in [-0.1, -0.05) is 12.1 Å². The van der Waals surface area contributed by atoms with Crippen LogP contribution in [0.2, 0.25) is 0 Å². The van der Waals surface area contributed by atoms with Crippen molar-refractivity contribution in [1.29, 1.82) is 5.26 Å². The number of benzene rings is 1. The van der Waals surface area contributed by atoms with Gasteiger partial charge in [0, 0.05) is 24.9 Å². The fraction of sp³-hybridized carbons (Fsp3) is 0.400. The molecule has 0 spiro atoms. The first-order chi connectivity index (χ1) is 15.3. The SMILES string of the molecule is COCCOc1cc(-c2cnn3cc(C(C)(C)C#N)ccc23)cc(C)c1C(=O)NC1CC1. The van der Waals surface area contributed by atoms with Crippen molar-refractivity contribution in [2.45, 2.75) is 45.1 Å². The number of nitrogens with zero attached hydrogens (tertiary/aromatic N) is 3. The van der Waals surface area contributed by atoms with Gasteiger partial charge in [0.1, 0.15) is 12.4 Å². The molecule has 2 heterocycles. The van der Waals surface area contributed by atoms with E-state index in [1.807, 2.05) is 51.2 Å². The van der Waals surface area contributed by atoms with Gasteiger partial charge in [-0.15, -0.1) is 0 Å². The summed E-state index contributed by atoms with van der Waals surface area (Å²) < 4.78 is 12.9. The topological polar surface area (TPSA) is 88.7 Å². The molecule has 1 aliphatic carbocycles. The molecule has 0 bridgehead atoms. The van der Waals surface area contributed by atoms with Crippen LogP contribution >= 0.6 is 0 Å². The molecule has 1 saturated carbocycles. The molecule has 166 valence electrons. The summed E-state index contributed by atoms with van der Waals surface area (Å²) in [4.78, 5) is 12.9. The number of hydrogen-bond donors (Lipinski definition) is 1. The lowest BCUT2D eigenvalue weighted by Crippen LogP contribution is -2.27. The largest absolute Gasteiger partial charge is 0.490 e. The number of hydrogen-bond acceptors (Lipinski definition) is 5. The zero-order valence-electron chi connectivity index (χ0n) is 18.9. The Bertz CT molecular complexity index is 1200. The normalized spacial score (nSPS) is 13.7. The first-order valence-corrected chi connectivity index (χ1v) is 10.8.